The zero-order valence-electron chi connectivity index (χ0n) is 19.9. The molecule has 2 aromatic rings. The Morgan fingerprint density at radius 3 is 2.35 bits per heavy atom. The van der Waals surface area contributed by atoms with Crippen LogP contribution in [0.25, 0.3) is 10.8 Å². The quantitative estimate of drug-likeness (QED) is 0.343. The Morgan fingerprint density at radius 2 is 1.73 bits per heavy atom. The van der Waals surface area contributed by atoms with Crippen molar-refractivity contribution in [3.63, 3.8) is 0 Å². The smallest absolute Gasteiger partial charge is 0.255 e. The molecule has 0 aromatic heterocycles. The molecule has 2 aromatic carbocycles. The fourth-order valence-corrected chi connectivity index (χ4v) is 6.37. The number of Topliss-reactive ketones (excluding diaryl/α,β-unsaturated/α-hetero) is 2. The van der Waals surface area contributed by atoms with Crippen molar-refractivity contribution in [3.05, 3.63) is 46.7 Å². The van der Waals surface area contributed by atoms with Crippen molar-refractivity contribution in [2.75, 3.05) is 39.4 Å². The molecule has 2 aliphatic carbocycles. The predicted molar refractivity (Wildman–Crippen MR) is 129 cm³/mol. The van der Waals surface area contributed by atoms with Crippen LogP contribution in [-0.2, 0) is 20.7 Å². The first-order valence-corrected chi connectivity index (χ1v) is 12.2. The standard InChI is InChI=1S/C26H27N3O8/c27-25(35)19-22(32)20(29-6-4-28(5-7-29)14-10-37-11-14)15-9-13-8-12-2-1-3-16(30)17(12)21(31)18(13)23(33)26(15,36)24(19)34/h1-3,8,14-15,20,30-31,34,36H,4-7,9-11H2,(H2,27,35). The van der Waals surface area contributed by atoms with Crippen LogP contribution in [0.15, 0.2) is 35.6 Å². The van der Waals surface area contributed by atoms with Gasteiger partial charge in [0.25, 0.3) is 5.91 Å². The lowest BCUT2D eigenvalue weighted by Crippen LogP contribution is -2.68. The summed E-state index contributed by atoms with van der Waals surface area (Å²) >= 11 is 0. The van der Waals surface area contributed by atoms with Crippen molar-refractivity contribution in [1.29, 1.82) is 0 Å². The molecule has 0 saturated carbocycles. The molecule has 0 spiro atoms. The van der Waals surface area contributed by atoms with Crippen LogP contribution < -0.4 is 5.73 Å². The molecule has 6 N–H and O–H groups in total. The van der Waals surface area contributed by atoms with Gasteiger partial charge >= 0.3 is 0 Å². The summed E-state index contributed by atoms with van der Waals surface area (Å²) in [5.41, 5.74) is 2.08. The topological polar surface area (TPSA) is 174 Å². The highest BCUT2D eigenvalue weighted by Crippen LogP contribution is 2.49. The number of carbonyl (C=O) groups excluding carboxylic acids is 3. The third-order valence-electron chi connectivity index (χ3n) is 8.37. The lowest BCUT2D eigenvalue weighted by atomic mass is 9.61. The molecule has 6 rings (SSSR count). The second-order valence-corrected chi connectivity index (χ2v) is 10.2. The van der Waals surface area contributed by atoms with Crippen molar-refractivity contribution < 1.29 is 39.5 Å². The number of carbonyl (C=O) groups is 3. The molecule has 4 aliphatic rings. The van der Waals surface area contributed by atoms with Gasteiger partial charge in [0, 0.05) is 32.1 Å². The molecule has 2 heterocycles. The van der Waals surface area contributed by atoms with Crippen LogP contribution in [0.3, 0.4) is 0 Å². The number of aromatic hydroxyl groups is 2. The Labute approximate surface area is 211 Å². The van der Waals surface area contributed by atoms with Gasteiger partial charge in [0.1, 0.15) is 22.8 Å². The van der Waals surface area contributed by atoms with Crippen LogP contribution in [-0.4, -0.2) is 105 Å². The van der Waals surface area contributed by atoms with Gasteiger partial charge in [-0.15, -0.1) is 0 Å². The molecular weight excluding hydrogens is 482 g/mol. The SMILES string of the molecule is NC(=O)C1=C(O)C2(O)C(=O)c3c(cc4cccc(O)c4c3O)CC2C(N2CCN(C3COC3)CC2)C1=O. The molecule has 37 heavy (non-hydrogen) atoms. The number of primary amides is 1. The van der Waals surface area contributed by atoms with Crippen LogP contribution in [0.1, 0.15) is 15.9 Å². The summed E-state index contributed by atoms with van der Waals surface area (Å²) in [7, 11) is 0. The van der Waals surface area contributed by atoms with Crippen LogP contribution in [0.5, 0.6) is 11.5 Å². The van der Waals surface area contributed by atoms with Crippen LogP contribution in [0.2, 0.25) is 0 Å². The van der Waals surface area contributed by atoms with Gasteiger partial charge in [-0.25, -0.2) is 0 Å². The molecule has 2 aliphatic heterocycles. The van der Waals surface area contributed by atoms with Gasteiger partial charge in [-0.2, -0.15) is 0 Å². The van der Waals surface area contributed by atoms with E-state index in [0.717, 1.165) is 0 Å². The summed E-state index contributed by atoms with van der Waals surface area (Å²) in [4.78, 5) is 43.8. The summed E-state index contributed by atoms with van der Waals surface area (Å²) < 4.78 is 5.28. The average molecular weight is 510 g/mol. The Kier molecular flexibility index (Phi) is 5.32. The molecule has 11 heteroatoms. The highest BCUT2D eigenvalue weighted by Gasteiger charge is 2.62. The number of aliphatic hydroxyl groups excluding tert-OH is 1. The van der Waals surface area contributed by atoms with E-state index in [1.807, 2.05) is 4.90 Å². The fourth-order valence-electron chi connectivity index (χ4n) is 6.37. The zero-order valence-corrected chi connectivity index (χ0v) is 19.9. The molecule has 2 fully saturated rings. The second kappa shape index (κ2) is 8.25. The summed E-state index contributed by atoms with van der Waals surface area (Å²) in [5, 5.41) is 44.7. The third kappa shape index (κ3) is 3.24. The fraction of sp³-hybridized carbons (Fsp3) is 0.423. The highest BCUT2D eigenvalue weighted by atomic mass is 16.5. The molecule has 0 bridgehead atoms. The number of piperazine rings is 1. The van der Waals surface area contributed by atoms with E-state index in [1.54, 1.807) is 18.2 Å². The maximum absolute atomic E-state index is 13.9. The van der Waals surface area contributed by atoms with E-state index < -0.39 is 52.1 Å². The number of rotatable bonds is 3. The third-order valence-corrected chi connectivity index (χ3v) is 8.37. The summed E-state index contributed by atoms with van der Waals surface area (Å²) in [6, 6.07) is 5.45. The normalized spacial score (nSPS) is 29.2. The van der Waals surface area contributed by atoms with Crippen molar-refractivity contribution in [2.45, 2.75) is 24.1 Å². The van der Waals surface area contributed by atoms with E-state index in [1.165, 1.54) is 6.07 Å². The lowest BCUT2D eigenvalue weighted by molar-refractivity contribution is -0.136. The number of nitrogens with zero attached hydrogens (tertiary/aromatic N) is 2. The zero-order chi connectivity index (χ0) is 26.2. The molecule has 2 saturated heterocycles. The Balaban J connectivity index is 1.48. The summed E-state index contributed by atoms with van der Waals surface area (Å²) in [6.45, 7) is 3.41. The lowest BCUT2D eigenvalue weighted by Gasteiger charge is -2.51. The van der Waals surface area contributed by atoms with Crippen molar-refractivity contribution in [2.24, 2.45) is 11.7 Å². The largest absolute Gasteiger partial charge is 0.508 e. The van der Waals surface area contributed by atoms with E-state index in [4.69, 9.17) is 10.5 Å². The number of ketones is 2. The van der Waals surface area contributed by atoms with Crippen molar-refractivity contribution in [1.82, 2.24) is 9.80 Å². The minimum absolute atomic E-state index is 0.0229. The van der Waals surface area contributed by atoms with Crippen LogP contribution in [0, 0.1) is 5.92 Å². The van der Waals surface area contributed by atoms with E-state index in [-0.39, 0.29) is 23.1 Å². The van der Waals surface area contributed by atoms with E-state index in [0.29, 0.717) is 56.4 Å². The van der Waals surface area contributed by atoms with Gasteiger partial charge in [0.2, 0.25) is 5.78 Å². The van der Waals surface area contributed by atoms with Crippen LogP contribution >= 0.6 is 0 Å². The number of fused-ring (bicyclic) bond motifs is 3. The molecule has 3 unspecified atom stereocenters. The number of hydrogen-bond donors (Lipinski definition) is 5. The molecular formula is C26H27N3O8. The maximum atomic E-state index is 13.9. The predicted octanol–water partition coefficient (Wildman–Crippen LogP) is -0.398. The molecule has 0 radical (unpaired) electrons. The van der Waals surface area contributed by atoms with E-state index >= 15 is 0 Å². The van der Waals surface area contributed by atoms with Crippen LogP contribution in [0.4, 0.5) is 0 Å². The number of phenols is 2. The van der Waals surface area contributed by atoms with Gasteiger partial charge in [-0.3, -0.25) is 24.2 Å². The van der Waals surface area contributed by atoms with Gasteiger partial charge < -0.3 is 30.9 Å². The Morgan fingerprint density at radius 1 is 1.05 bits per heavy atom. The number of hydrogen-bond acceptors (Lipinski definition) is 10. The Hall–Kier alpha value is -3.51. The molecule has 3 atom stereocenters. The molecule has 1 amide bonds. The first-order chi connectivity index (χ1) is 17.6. The van der Waals surface area contributed by atoms with Gasteiger partial charge in [-0.05, 0) is 23.4 Å². The van der Waals surface area contributed by atoms with Gasteiger partial charge in [-0.1, -0.05) is 18.2 Å². The number of aliphatic hydroxyl groups is 2. The monoisotopic (exact) mass is 509 g/mol. The number of benzene rings is 2. The average Bonchev–Trinajstić information content (AvgIpc) is 2.81. The number of nitrogens with two attached hydrogens (primary N) is 1. The molecule has 194 valence electrons. The number of amides is 1. The first kappa shape index (κ1) is 23.9. The van der Waals surface area contributed by atoms with Gasteiger partial charge in [0.05, 0.1) is 36.2 Å². The highest BCUT2D eigenvalue weighted by molar-refractivity contribution is 6.25. The first-order valence-electron chi connectivity index (χ1n) is 12.2. The number of phenolic OH excluding ortho intramolecular Hbond substituents is 2. The van der Waals surface area contributed by atoms with E-state index in [2.05, 4.69) is 4.90 Å². The molecule has 11 nitrogen and oxygen atoms in total. The second-order valence-electron chi connectivity index (χ2n) is 10.2. The van der Waals surface area contributed by atoms with Gasteiger partial charge in [0.15, 0.2) is 11.4 Å². The van der Waals surface area contributed by atoms with E-state index in [9.17, 15) is 34.8 Å². The number of ether oxygens (including phenoxy) is 1. The summed E-state index contributed by atoms with van der Waals surface area (Å²) in [5.74, 6) is -6.06. The minimum atomic E-state index is -2.66. The maximum Gasteiger partial charge on any atom is 0.255 e. The summed E-state index contributed by atoms with van der Waals surface area (Å²) in [6.07, 6.45) is -0.0417. The van der Waals surface area contributed by atoms with Crippen molar-refractivity contribution >= 4 is 28.2 Å². The Bertz CT molecular complexity index is 1390. The van der Waals surface area contributed by atoms with Crippen molar-refractivity contribution in [3.8, 4) is 11.5 Å². The minimum Gasteiger partial charge on any atom is -0.508 e.